The summed E-state index contributed by atoms with van der Waals surface area (Å²) in [4.78, 5) is 12.2. The van der Waals surface area contributed by atoms with E-state index in [-0.39, 0.29) is 5.91 Å². The first-order valence-corrected chi connectivity index (χ1v) is 8.82. The van der Waals surface area contributed by atoms with Crippen LogP contribution in [0.4, 0.5) is 0 Å². The summed E-state index contributed by atoms with van der Waals surface area (Å²) in [5, 5.41) is 8.28. The Morgan fingerprint density at radius 2 is 2.18 bits per heavy atom. The normalized spacial score (nSPS) is 28.1. The average Bonchev–Trinajstić information content (AvgIpc) is 3.17. The van der Waals surface area contributed by atoms with Gasteiger partial charge >= 0.3 is 0 Å². The van der Waals surface area contributed by atoms with E-state index >= 15 is 0 Å². The molecule has 3 rings (SSSR count). The summed E-state index contributed by atoms with van der Waals surface area (Å²) in [7, 11) is 0. The summed E-state index contributed by atoms with van der Waals surface area (Å²) in [6.45, 7) is 6.60. The fraction of sp³-hybridized carbons (Fsp3) is 0.765. The third kappa shape index (κ3) is 3.03. The first-order chi connectivity index (χ1) is 10.5. The van der Waals surface area contributed by atoms with Crippen LogP contribution in [0.5, 0.6) is 0 Å². The van der Waals surface area contributed by atoms with Gasteiger partial charge in [0, 0.05) is 12.5 Å². The van der Waals surface area contributed by atoms with Gasteiger partial charge in [0.05, 0.1) is 23.0 Å². The quantitative estimate of drug-likeness (QED) is 0.901. The largest absolute Gasteiger partial charge is 0.353 e. The van der Waals surface area contributed by atoms with Crippen molar-refractivity contribution in [3.05, 3.63) is 16.4 Å². The van der Waals surface area contributed by atoms with E-state index in [0.29, 0.717) is 29.9 Å². The maximum atomic E-state index is 12.2. The van der Waals surface area contributed by atoms with E-state index in [4.69, 9.17) is 11.6 Å². The van der Waals surface area contributed by atoms with E-state index in [1.165, 1.54) is 25.7 Å². The number of nitrogens with one attached hydrogen (secondary N) is 1. The van der Waals surface area contributed by atoms with E-state index in [0.717, 1.165) is 23.2 Å². The van der Waals surface area contributed by atoms with Crippen LogP contribution in [-0.2, 0) is 11.3 Å². The molecule has 1 heterocycles. The van der Waals surface area contributed by atoms with Crippen molar-refractivity contribution in [2.24, 2.45) is 17.8 Å². The summed E-state index contributed by atoms with van der Waals surface area (Å²) in [6, 6.07) is 0.298. The standard InChI is InChI=1S/C17H26ClN3O/c1-10(15-9-13-4-5-14(15)8-13)19-16(22)6-7-21-12(3)17(18)11(2)20-21/h10,13-15H,4-9H2,1-3H3,(H,19,22)/t10-,13+,14+,15-/m0/s1. The molecule has 0 spiro atoms. The van der Waals surface area contributed by atoms with Gasteiger partial charge in [-0.15, -0.1) is 0 Å². The van der Waals surface area contributed by atoms with Crippen molar-refractivity contribution in [3.8, 4) is 0 Å². The average molecular weight is 324 g/mol. The fourth-order valence-corrected chi connectivity index (χ4v) is 4.58. The highest BCUT2D eigenvalue weighted by Gasteiger charge is 2.42. The van der Waals surface area contributed by atoms with Crippen molar-refractivity contribution in [3.63, 3.8) is 0 Å². The molecule has 2 saturated carbocycles. The second kappa shape index (κ2) is 6.23. The molecule has 0 aromatic carbocycles. The third-order valence-electron chi connectivity index (χ3n) is 5.67. The van der Waals surface area contributed by atoms with Crippen LogP contribution in [0.15, 0.2) is 0 Å². The SMILES string of the molecule is Cc1nn(CCC(=O)N[C@@H](C)[C@@H]2C[C@@H]3CC[C@@H]2C3)c(C)c1Cl. The second-order valence-corrected chi connectivity index (χ2v) is 7.53. The number of halogens is 1. The van der Waals surface area contributed by atoms with Gasteiger partial charge in [-0.25, -0.2) is 0 Å². The molecular formula is C17H26ClN3O. The fourth-order valence-electron chi connectivity index (χ4n) is 4.44. The van der Waals surface area contributed by atoms with Crippen LogP contribution in [0.3, 0.4) is 0 Å². The van der Waals surface area contributed by atoms with Gasteiger partial charge in [0.1, 0.15) is 0 Å². The number of rotatable bonds is 5. The summed E-state index contributed by atoms with van der Waals surface area (Å²) in [6.07, 6.45) is 5.91. The highest BCUT2D eigenvalue weighted by molar-refractivity contribution is 6.31. The zero-order valence-electron chi connectivity index (χ0n) is 13.7. The molecule has 5 heteroatoms. The molecule has 1 N–H and O–H groups in total. The van der Waals surface area contributed by atoms with Gasteiger partial charge in [-0.2, -0.15) is 5.10 Å². The smallest absolute Gasteiger partial charge is 0.222 e. The van der Waals surface area contributed by atoms with Crippen molar-refractivity contribution >= 4 is 17.5 Å². The molecule has 0 unspecified atom stereocenters. The van der Waals surface area contributed by atoms with Crippen LogP contribution in [0.1, 0.15) is 50.4 Å². The summed E-state index contributed by atoms with van der Waals surface area (Å²) < 4.78 is 1.83. The predicted molar refractivity (Wildman–Crippen MR) is 87.9 cm³/mol. The third-order valence-corrected chi connectivity index (χ3v) is 6.21. The molecular weight excluding hydrogens is 298 g/mol. The predicted octanol–water partition coefficient (Wildman–Crippen LogP) is 3.48. The van der Waals surface area contributed by atoms with E-state index in [1.807, 2.05) is 18.5 Å². The summed E-state index contributed by atoms with van der Waals surface area (Å²) in [5.74, 6) is 2.58. The summed E-state index contributed by atoms with van der Waals surface area (Å²) >= 11 is 6.14. The number of aromatic nitrogens is 2. The lowest BCUT2D eigenvalue weighted by Crippen LogP contribution is -2.40. The number of nitrogens with zero attached hydrogens (tertiary/aromatic N) is 2. The molecule has 0 saturated heterocycles. The van der Waals surface area contributed by atoms with Gasteiger partial charge in [-0.05, 0) is 57.8 Å². The van der Waals surface area contributed by atoms with Crippen LogP contribution in [0.2, 0.25) is 5.02 Å². The van der Waals surface area contributed by atoms with Gasteiger partial charge in [0.2, 0.25) is 5.91 Å². The number of amides is 1. The minimum absolute atomic E-state index is 0.124. The van der Waals surface area contributed by atoms with Gasteiger partial charge in [0.25, 0.3) is 0 Å². The Morgan fingerprint density at radius 3 is 2.73 bits per heavy atom. The molecule has 4 atom stereocenters. The Hall–Kier alpha value is -1.03. The molecule has 4 nitrogen and oxygen atoms in total. The number of hydrogen-bond donors (Lipinski definition) is 1. The molecule has 122 valence electrons. The van der Waals surface area contributed by atoms with E-state index in [1.54, 1.807) is 0 Å². The molecule has 0 aliphatic heterocycles. The van der Waals surface area contributed by atoms with Crippen LogP contribution in [0.25, 0.3) is 0 Å². The van der Waals surface area contributed by atoms with Gasteiger partial charge in [0.15, 0.2) is 0 Å². The van der Waals surface area contributed by atoms with Crippen molar-refractivity contribution in [2.45, 2.75) is 65.5 Å². The number of carbonyl (C=O) groups is 1. The minimum atomic E-state index is 0.124. The van der Waals surface area contributed by atoms with Crippen molar-refractivity contribution < 1.29 is 4.79 Å². The van der Waals surface area contributed by atoms with Crippen molar-refractivity contribution in [1.82, 2.24) is 15.1 Å². The maximum Gasteiger partial charge on any atom is 0.222 e. The molecule has 22 heavy (non-hydrogen) atoms. The zero-order chi connectivity index (χ0) is 15.9. The lowest BCUT2D eigenvalue weighted by Gasteiger charge is -2.28. The topological polar surface area (TPSA) is 46.9 Å². The number of hydrogen-bond acceptors (Lipinski definition) is 2. The second-order valence-electron chi connectivity index (χ2n) is 7.15. The molecule has 1 amide bonds. The van der Waals surface area contributed by atoms with Gasteiger partial charge < -0.3 is 5.32 Å². The van der Waals surface area contributed by atoms with Gasteiger partial charge in [-0.1, -0.05) is 18.0 Å². The Morgan fingerprint density at radius 1 is 1.41 bits per heavy atom. The van der Waals surface area contributed by atoms with Crippen LogP contribution < -0.4 is 5.32 Å². The molecule has 2 aliphatic carbocycles. The van der Waals surface area contributed by atoms with Crippen molar-refractivity contribution in [1.29, 1.82) is 0 Å². The maximum absolute atomic E-state index is 12.2. The molecule has 1 aromatic heterocycles. The number of fused-ring (bicyclic) bond motifs is 2. The molecule has 1 aromatic rings. The highest BCUT2D eigenvalue weighted by Crippen LogP contribution is 2.49. The Labute approximate surface area is 137 Å². The number of carbonyl (C=O) groups excluding carboxylic acids is 1. The van der Waals surface area contributed by atoms with Crippen molar-refractivity contribution in [2.75, 3.05) is 0 Å². The Balaban J connectivity index is 1.49. The molecule has 2 bridgehead atoms. The van der Waals surface area contributed by atoms with E-state index in [9.17, 15) is 4.79 Å². The summed E-state index contributed by atoms with van der Waals surface area (Å²) in [5.41, 5.74) is 1.77. The lowest BCUT2D eigenvalue weighted by molar-refractivity contribution is -0.122. The number of aryl methyl sites for hydroxylation is 2. The molecule has 2 aliphatic rings. The zero-order valence-corrected chi connectivity index (χ0v) is 14.5. The van der Waals surface area contributed by atoms with Crippen LogP contribution in [0, 0.1) is 31.6 Å². The van der Waals surface area contributed by atoms with E-state index < -0.39 is 0 Å². The van der Waals surface area contributed by atoms with Crippen LogP contribution >= 0.6 is 11.6 Å². The monoisotopic (exact) mass is 323 g/mol. The first kappa shape index (κ1) is 15.9. The minimum Gasteiger partial charge on any atom is -0.353 e. The first-order valence-electron chi connectivity index (χ1n) is 8.44. The molecule has 2 fully saturated rings. The van der Waals surface area contributed by atoms with Crippen LogP contribution in [-0.4, -0.2) is 21.7 Å². The highest BCUT2D eigenvalue weighted by atomic mass is 35.5. The van der Waals surface area contributed by atoms with E-state index in [2.05, 4.69) is 17.3 Å². The van der Waals surface area contributed by atoms with Gasteiger partial charge in [-0.3, -0.25) is 9.48 Å². The Bertz CT molecular complexity index is 568. The lowest BCUT2D eigenvalue weighted by atomic mass is 9.84. The molecule has 0 radical (unpaired) electrons. The Kier molecular flexibility index (Phi) is 4.49.